The van der Waals surface area contributed by atoms with E-state index in [0.717, 1.165) is 19.3 Å². The average molecular weight is 308 g/mol. The Morgan fingerprint density at radius 2 is 2.25 bits per heavy atom. The van der Waals surface area contributed by atoms with Crippen molar-refractivity contribution in [1.82, 2.24) is 0 Å². The Labute approximate surface area is 109 Å². The highest BCUT2D eigenvalue weighted by Crippen LogP contribution is 2.46. The van der Waals surface area contributed by atoms with Crippen molar-refractivity contribution in [3.05, 3.63) is 12.2 Å². The second kappa shape index (κ2) is 4.02. The van der Waals surface area contributed by atoms with Gasteiger partial charge in [-0.05, 0) is 39.2 Å². The van der Waals surface area contributed by atoms with Crippen LogP contribution in [0.25, 0.3) is 0 Å². The van der Waals surface area contributed by atoms with Gasteiger partial charge in [0.25, 0.3) is 0 Å². The van der Waals surface area contributed by atoms with E-state index in [1.807, 2.05) is 13.0 Å². The van der Waals surface area contributed by atoms with Crippen LogP contribution in [0.4, 0.5) is 0 Å². The van der Waals surface area contributed by atoms with Crippen molar-refractivity contribution < 1.29 is 9.53 Å². The summed E-state index contributed by atoms with van der Waals surface area (Å²) in [7, 11) is 0. The number of hydrogen-bond acceptors (Lipinski definition) is 2. The molecule has 1 heterocycles. The zero-order valence-electron chi connectivity index (χ0n) is 9.50. The number of alkyl halides is 2. The fraction of sp³-hybridized carbons (Fsp3) is 0.750. The number of halogens is 2. The zero-order chi connectivity index (χ0) is 12.0. The first-order chi connectivity index (χ1) is 7.33. The van der Waals surface area contributed by atoms with Crippen molar-refractivity contribution in [2.45, 2.75) is 48.4 Å². The lowest BCUT2D eigenvalue weighted by molar-refractivity contribution is -0.149. The SMILES string of the molecule is C[C@]1(Cl)CC[C@H]([C@]2(C)C=CC(=O)O2)C[C@@H]1Br. The third-order valence-electron chi connectivity index (χ3n) is 3.81. The summed E-state index contributed by atoms with van der Waals surface area (Å²) in [5.74, 6) is 0.124. The summed E-state index contributed by atoms with van der Waals surface area (Å²) in [5.41, 5.74) is -0.434. The molecule has 4 heteroatoms. The third-order valence-corrected chi connectivity index (χ3v) is 5.91. The van der Waals surface area contributed by atoms with Crippen LogP contribution in [-0.4, -0.2) is 21.3 Å². The summed E-state index contributed by atoms with van der Waals surface area (Å²) in [4.78, 5) is 11.3. The molecule has 4 atom stereocenters. The summed E-state index contributed by atoms with van der Waals surface area (Å²) < 4.78 is 5.39. The van der Waals surface area contributed by atoms with Crippen molar-refractivity contribution in [2.24, 2.45) is 5.92 Å². The normalized spacial score (nSPS) is 48.1. The van der Waals surface area contributed by atoms with E-state index in [1.165, 1.54) is 6.08 Å². The lowest BCUT2D eigenvalue weighted by atomic mass is 9.74. The Balaban J connectivity index is 2.08. The fourth-order valence-electron chi connectivity index (χ4n) is 2.48. The molecular formula is C12H16BrClO2. The molecule has 0 radical (unpaired) electrons. The van der Waals surface area contributed by atoms with Gasteiger partial charge in [-0.2, -0.15) is 0 Å². The minimum absolute atomic E-state index is 0.181. The molecule has 0 unspecified atom stereocenters. The van der Waals surface area contributed by atoms with Gasteiger partial charge >= 0.3 is 5.97 Å². The molecule has 0 spiro atoms. The third kappa shape index (κ3) is 2.17. The van der Waals surface area contributed by atoms with Gasteiger partial charge in [0.1, 0.15) is 5.60 Å². The molecule has 1 aliphatic carbocycles. The summed E-state index contributed by atoms with van der Waals surface area (Å²) in [6.07, 6.45) is 6.29. The maximum atomic E-state index is 11.2. The van der Waals surface area contributed by atoms with Crippen LogP contribution in [0.3, 0.4) is 0 Å². The van der Waals surface area contributed by atoms with Gasteiger partial charge in [0.2, 0.25) is 0 Å². The summed E-state index contributed by atoms with van der Waals surface area (Å²) >= 11 is 10.0. The number of hydrogen-bond donors (Lipinski definition) is 0. The van der Waals surface area contributed by atoms with Crippen LogP contribution in [0.1, 0.15) is 33.1 Å². The number of carbonyl (C=O) groups excluding carboxylic acids is 1. The Bertz CT molecular complexity index is 340. The molecule has 90 valence electrons. The Kier molecular flexibility index (Phi) is 3.13. The van der Waals surface area contributed by atoms with Crippen molar-refractivity contribution in [3.8, 4) is 0 Å². The molecule has 0 aromatic rings. The van der Waals surface area contributed by atoms with Crippen LogP contribution < -0.4 is 0 Å². The molecule has 0 bridgehead atoms. The molecule has 1 aliphatic heterocycles. The van der Waals surface area contributed by atoms with Gasteiger partial charge in [-0.3, -0.25) is 0 Å². The zero-order valence-corrected chi connectivity index (χ0v) is 11.8. The van der Waals surface area contributed by atoms with Gasteiger partial charge in [0.15, 0.2) is 0 Å². The Morgan fingerprint density at radius 1 is 1.56 bits per heavy atom. The number of cyclic esters (lactones) is 1. The van der Waals surface area contributed by atoms with E-state index in [-0.39, 0.29) is 15.7 Å². The van der Waals surface area contributed by atoms with E-state index in [9.17, 15) is 4.79 Å². The first kappa shape index (κ1) is 12.4. The van der Waals surface area contributed by atoms with E-state index in [1.54, 1.807) is 0 Å². The predicted molar refractivity (Wildman–Crippen MR) is 68.0 cm³/mol. The first-order valence-electron chi connectivity index (χ1n) is 5.59. The van der Waals surface area contributed by atoms with Crippen LogP contribution in [0, 0.1) is 5.92 Å². The van der Waals surface area contributed by atoms with Gasteiger partial charge < -0.3 is 4.74 Å². The van der Waals surface area contributed by atoms with E-state index < -0.39 is 5.60 Å². The molecule has 0 saturated heterocycles. The van der Waals surface area contributed by atoms with Crippen LogP contribution in [0.2, 0.25) is 0 Å². The molecule has 1 saturated carbocycles. The fourth-order valence-corrected chi connectivity index (χ4v) is 3.36. The van der Waals surface area contributed by atoms with Crippen molar-refractivity contribution in [2.75, 3.05) is 0 Å². The number of rotatable bonds is 1. The number of esters is 1. The van der Waals surface area contributed by atoms with Gasteiger partial charge in [0, 0.05) is 16.8 Å². The van der Waals surface area contributed by atoms with E-state index in [2.05, 4.69) is 22.9 Å². The Hall–Kier alpha value is -0.0200. The predicted octanol–water partition coefficient (Wildman–Crippen LogP) is 3.42. The second-order valence-electron chi connectivity index (χ2n) is 5.16. The van der Waals surface area contributed by atoms with Gasteiger partial charge in [-0.25, -0.2) is 4.79 Å². The topological polar surface area (TPSA) is 26.3 Å². The molecule has 0 aromatic heterocycles. The molecule has 2 rings (SSSR count). The number of carbonyl (C=O) groups is 1. The highest BCUT2D eigenvalue weighted by molar-refractivity contribution is 9.09. The highest BCUT2D eigenvalue weighted by atomic mass is 79.9. The van der Waals surface area contributed by atoms with Crippen LogP contribution >= 0.6 is 27.5 Å². The molecule has 2 nitrogen and oxygen atoms in total. The monoisotopic (exact) mass is 306 g/mol. The quantitative estimate of drug-likeness (QED) is 0.548. The largest absolute Gasteiger partial charge is 0.452 e. The van der Waals surface area contributed by atoms with E-state index in [0.29, 0.717) is 5.92 Å². The summed E-state index contributed by atoms with van der Waals surface area (Å²) in [6.45, 7) is 4.04. The van der Waals surface area contributed by atoms with E-state index >= 15 is 0 Å². The lowest BCUT2D eigenvalue weighted by Gasteiger charge is -2.42. The smallest absolute Gasteiger partial charge is 0.331 e. The van der Waals surface area contributed by atoms with Gasteiger partial charge in [0.05, 0.1) is 4.87 Å². The molecule has 0 aromatic carbocycles. The lowest BCUT2D eigenvalue weighted by Crippen LogP contribution is -2.44. The van der Waals surface area contributed by atoms with Crippen molar-refractivity contribution in [1.29, 1.82) is 0 Å². The average Bonchev–Trinajstić information content (AvgIpc) is 2.52. The molecule has 0 N–H and O–H groups in total. The van der Waals surface area contributed by atoms with Gasteiger partial charge in [-0.1, -0.05) is 15.9 Å². The standard InChI is InChI=1S/C12H16BrClO2/c1-11(14)5-3-8(7-9(11)13)12(2)6-4-10(15)16-12/h4,6,8-9H,3,5,7H2,1-2H3/t8-,9-,11-,12-/m0/s1. The summed E-state index contributed by atoms with van der Waals surface area (Å²) in [6, 6.07) is 0. The van der Waals surface area contributed by atoms with E-state index in [4.69, 9.17) is 16.3 Å². The second-order valence-corrected chi connectivity index (χ2v) is 7.12. The van der Waals surface area contributed by atoms with Crippen LogP contribution in [-0.2, 0) is 9.53 Å². The molecule has 0 amide bonds. The minimum atomic E-state index is -0.434. The molecular weight excluding hydrogens is 291 g/mol. The highest BCUT2D eigenvalue weighted by Gasteiger charge is 2.46. The molecule has 16 heavy (non-hydrogen) atoms. The van der Waals surface area contributed by atoms with Crippen LogP contribution in [0.15, 0.2) is 12.2 Å². The van der Waals surface area contributed by atoms with Crippen molar-refractivity contribution >= 4 is 33.5 Å². The number of ether oxygens (including phenoxy) is 1. The summed E-state index contributed by atoms with van der Waals surface area (Å²) in [5, 5.41) is 0. The molecule has 2 aliphatic rings. The maximum absolute atomic E-state index is 11.2. The van der Waals surface area contributed by atoms with Gasteiger partial charge in [-0.15, -0.1) is 11.6 Å². The molecule has 1 fully saturated rings. The Morgan fingerprint density at radius 3 is 2.75 bits per heavy atom. The van der Waals surface area contributed by atoms with Crippen LogP contribution in [0.5, 0.6) is 0 Å². The maximum Gasteiger partial charge on any atom is 0.331 e. The minimum Gasteiger partial charge on any atom is -0.452 e. The first-order valence-corrected chi connectivity index (χ1v) is 6.88. The van der Waals surface area contributed by atoms with Crippen molar-refractivity contribution in [3.63, 3.8) is 0 Å².